The number of aromatic nitrogens is 4. The second-order valence-corrected chi connectivity index (χ2v) is 10.8. The van der Waals surface area contributed by atoms with Crippen molar-refractivity contribution in [2.24, 2.45) is 0 Å². The average Bonchev–Trinajstić information content (AvgIpc) is 3.44. The normalized spacial score (nSPS) is 11.8. The van der Waals surface area contributed by atoms with Crippen LogP contribution in [0.5, 0.6) is 0 Å². The van der Waals surface area contributed by atoms with E-state index in [1.807, 2.05) is 54.0 Å². The van der Waals surface area contributed by atoms with Gasteiger partial charge in [0.2, 0.25) is 0 Å². The van der Waals surface area contributed by atoms with Gasteiger partial charge in [0.15, 0.2) is 11.0 Å². The van der Waals surface area contributed by atoms with E-state index in [0.29, 0.717) is 28.7 Å². The van der Waals surface area contributed by atoms with Crippen LogP contribution in [0.4, 0.5) is 0 Å². The average molecular weight is 509 g/mol. The molecule has 0 saturated heterocycles. The molecule has 0 aliphatic heterocycles. The molecule has 5 rings (SSSR count). The van der Waals surface area contributed by atoms with Crippen molar-refractivity contribution in [3.63, 3.8) is 0 Å². The number of rotatable bonds is 7. The number of halogens is 1. The van der Waals surface area contributed by atoms with Crippen molar-refractivity contribution in [1.82, 2.24) is 18.7 Å². The maximum atomic E-state index is 13.4. The van der Waals surface area contributed by atoms with E-state index in [-0.39, 0.29) is 4.90 Å². The number of fused-ring (bicyclic) bond motifs is 1. The molecule has 0 spiro atoms. The first-order valence-electron chi connectivity index (χ1n) is 10.7. The Morgan fingerprint density at radius 1 is 0.941 bits per heavy atom. The fraction of sp³-hybridized carbons (Fsp3) is 0.120. The fourth-order valence-corrected chi connectivity index (χ4v) is 6.44. The molecule has 0 radical (unpaired) electrons. The molecular weight excluding hydrogens is 488 g/mol. The SMILES string of the molecule is CCn1c(SCc2cccc(Cl)c2)nnc1-c1cn(S(=O)(=O)c2ccccc2)c2ccccc12. The van der Waals surface area contributed by atoms with Gasteiger partial charge in [0, 0.05) is 34.5 Å². The van der Waals surface area contributed by atoms with Gasteiger partial charge < -0.3 is 4.57 Å². The van der Waals surface area contributed by atoms with E-state index in [9.17, 15) is 8.42 Å². The smallest absolute Gasteiger partial charge is 0.268 e. The van der Waals surface area contributed by atoms with Gasteiger partial charge >= 0.3 is 0 Å². The van der Waals surface area contributed by atoms with Crippen molar-refractivity contribution >= 4 is 44.3 Å². The highest BCUT2D eigenvalue weighted by molar-refractivity contribution is 7.98. The summed E-state index contributed by atoms with van der Waals surface area (Å²) in [5.74, 6) is 1.33. The summed E-state index contributed by atoms with van der Waals surface area (Å²) in [5.41, 5.74) is 2.41. The minimum absolute atomic E-state index is 0.233. The molecule has 0 unspecified atom stereocenters. The van der Waals surface area contributed by atoms with E-state index in [2.05, 4.69) is 10.2 Å². The first-order valence-corrected chi connectivity index (χ1v) is 13.5. The molecule has 0 bridgehead atoms. The lowest BCUT2D eigenvalue weighted by Crippen LogP contribution is -2.11. The number of para-hydroxylation sites is 1. The predicted octanol–water partition coefficient (Wildman–Crippen LogP) is 6.10. The highest BCUT2D eigenvalue weighted by atomic mass is 35.5. The van der Waals surface area contributed by atoms with Gasteiger partial charge in [-0.05, 0) is 42.8 Å². The molecule has 2 aromatic heterocycles. The van der Waals surface area contributed by atoms with Gasteiger partial charge in [-0.2, -0.15) is 0 Å². The van der Waals surface area contributed by atoms with Gasteiger partial charge in [0.25, 0.3) is 10.0 Å². The molecule has 5 aromatic rings. The lowest BCUT2D eigenvalue weighted by atomic mass is 10.1. The molecule has 0 fully saturated rings. The Hall–Kier alpha value is -3.07. The largest absolute Gasteiger partial charge is 0.302 e. The van der Waals surface area contributed by atoms with E-state index in [1.165, 1.54) is 3.97 Å². The zero-order chi connectivity index (χ0) is 23.7. The molecule has 34 heavy (non-hydrogen) atoms. The highest BCUT2D eigenvalue weighted by Crippen LogP contribution is 2.34. The van der Waals surface area contributed by atoms with Crippen LogP contribution in [-0.4, -0.2) is 27.2 Å². The molecular formula is C25H21ClN4O2S2. The molecule has 2 heterocycles. The molecule has 0 N–H and O–H groups in total. The number of nitrogens with zero attached hydrogens (tertiary/aromatic N) is 4. The molecule has 172 valence electrons. The molecule has 0 atom stereocenters. The van der Waals surface area contributed by atoms with E-state index < -0.39 is 10.0 Å². The lowest BCUT2D eigenvalue weighted by Gasteiger charge is -2.07. The number of hydrogen-bond donors (Lipinski definition) is 0. The Kier molecular flexibility index (Phi) is 6.20. The summed E-state index contributed by atoms with van der Waals surface area (Å²) in [6.07, 6.45) is 1.65. The van der Waals surface area contributed by atoms with Crippen LogP contribution in [0.2, 0.25) is 5.02 Å². The van der Waals surface area contributed by atoms with Crippen LogP contribution in [0.3, 0.4) is 0 Å². The summed E-state index contributed by atoms with van der Waals surface area (Å²) in [7, 11) is -3.77. The summed E-state index contributed by atoms with van der Waals surface area (Å²) in [6.45, 7) is 2.67. The summed E-state index contributed by atoms with van der Waals surface area (Å²) < 4.78 is 30.2. The molecule has 3 aromatic carbocycles. The van der Waals surface area contributed by atoms with Gasteiger partial charge in [-0.1, -0.05) is 71.9 Å². The third kappa shape index (κ3) is 4.13. The molecule has 0 aliphatic carbocycles. The van der Waals surface area contributed by atoms with E-state index >= 15 is 0 Å². The Balaban J connectivity index is 1.58. The number of hydrogen-bond acceptors (Lipinski definition) is 5. The monoisotopic (exact) mass is 508 g/mol. The molecule has 6 nitrogen and oxygen atoms in total. The second-order valence-electron chi connectivity index (χ2n) is 7.64. The van der Waals surface area contributed by atoms with Crippen molar-refractivity contribution in [2.45, 2.75) is 29.3 Å². The third-order valence-electron chi connectivity index (χ3n) is 5.51. The van der Waals surface area contributed by atoms with Crippen LogP contribution < -0.4 is 0 Å². The summed E-state index contributed by atoms with van der Waals surface area (Å²) in [5, 5.41) is 11.1. The Morgan fingerprint density at radius 3 is 2.47 bits per heavy atom. The first-order chi connectivity index (χ1) is 16.5. The van der Waals surface area contributed by atoms with Crippen molar-refractivity contribution in [3.05, 3.63) is 95.6 Å². The minimum Gasteiger partial charge on any atom is -0.302 e. The summed E-state index contributed by atoms with van der Waals surface area (Å²) in [4.78, 5) is 0.233. The van der Waals surface area contributed by atoms with Crippen molar-refractivity contribution < 1.29 is 8.42 Å². The molecule has 0 amide bonds. The van der Waals surface area contributed by atoms with Gasteiger partial charge in [0.05, 0.1) is 10.4 Å². The fourth-order valence-electron chi connectivity index (χ4n) is 3.89. The van der Waals surface area contributed by atoms with Crippen LogP contribution >= 0.6 is 23.4 Å². The van der Waals surface area contributed by atoms with Crippen LogP contribution in [0.25, 0.3) is 22.3 Å². The zero-order valence-electron chi connectivity index (χ0n) is 18.3. The zero-order valence-corrected chi connectivity index (χ0v) is 20.7. The van der Waals surface area contributed by atoms with Gasteiger partial charge in [-0.3, -0.25) is 0 Å². The van der Waals surface area contributed by atoms with E-state index in [1.54, 1.807) is 54.4 Å². The first kappa shape index (κ1) is 22.7. The number of benzene rings is 3. The van der Waals surface area contributed by atoms with Crippen molar-refractivity contribution in [2.75, 3.05) is 0 Å². The Labute approximate surface area is 207 Å². The van der Waals surface area contributed by atoms with E-state index in [0.717, 1.165) is 21.7 Å². The second kappa shape index (κ2) is 9.29. The van der Waals surface area contributed by atoms with Gasteiger partial charge in [-0.25, -0.2) is 12.4 Å². The standard InChI is InChI=1S/C25H21ClN4O2S2/c1-2-29-24(27-28-25(29)33-17-18-9-8-10-19(26)15-18)22-16-30(23-14-7-6-13-21(22)23)34(31,32)20-11-4-3-5-12-20/h3-16H,2,17H2,1H3. The highest BCUT2D eigenvalue weighted by Gasteiger charge is 2.24. The molecule has 0 saturated carbocycles. The van der Waals surface area contributed by atoms with Crippen LogP contribution in [-0.2, 0) is 22.3 Å². The Morgan fingerprint density at radius 2 is 1.71 bits per heavy atom. The minimum atomic E-state index is -3.77. The lowest BCUT2D eigenvalue weighted by molar-refractivity contribution is 0.589. The maximum Gasteiger partial charge on any atom is 0.268 e. The third-order valence-corrected chi connectivity index (χ3v) is 8.47. The molecule has 9 heteroatoms. The predicted molar refractivity (Wildman–Crippen MR) is 137 cm³/mol. The topological polar surface area (TPSA) is 69.8 Å². The van der Waals surface area contributed by atoms with Gasteiger partial charge in [-0.15, -0.1) is 10.2 Å². The maximum absolute atomic E-state index is 13.4. The summed E-state index contributed by atoms with van der Waals surface area (Å²) in [6, 6.07) is 23.6. The van der Waals surface area contributed by atoms with E-state index in [4.69, 9.17) is 11.6 Å². The molecule has 0 aliphatic rings. The Bertz CT molecular complexity index is 1580. The number of thioether (sulfide) groups is 1. The van der Waals surface area contributed by atoms with Crippen molar-refractivity contribution in [1.29, 1.82) is 0 Å². The van der Waals surface area contributed by atoms with Crippen LogP contribution in [0, 0.1) is 0 Å². The van der Waals surface area contributed by atoms with Crippen LogP contribution in [0.15, 0.2) is 95.1 Å². The quantitative estimate of drug-likeness (QED) is 0.248. The van der Waals surface area contributed by atoms with Crippen molar-refractivity contribution in [3.8, 4) is 11.4 Å². The van der Waals surface area contributed by atoms with Crippen LogP contribution in [0.1, 0.15) is 12.5 Å². The summed E-state index contributed by atoms with van der Waals surface area (Å²) >= 11 is 7.68. The van der Waals surface area contributed by atoms with Gasteiger partial charge in [0.1, 0.15) is 0 Å².